The number of amides is 1. The highest BCUT2D eigenvalue weighted by molar-refractivity contribution is 6.30. The molecule has 1 aromatic rings. The summed E-state index contributed by atoms with van der Waals surface area (Å²) in [5.74, 6) is -0.315. The van der Waals surface area contributed by atoms with Gasteiger partial charge in [-0.15, -0.1) is 0 Å². The van der Waals surface area contributed by atoms with Crippen LogP contribution >= 0.6 is 11.6 Å². The highest BCUT2D eigenvalue weighted by atomic mass is 35.5. The topological polar surface area (TPSA) is 55.4 Å². The number of carbonyl (C=O) groups is 2. The molecule has 1 N–H and O–H groups in total. The molecule has 0 radical (unpaired) electrons. The van der Waals surface area contributed by atoms with Crippen molar-refractivity contribution < 1.29 is 14.3 Å². The molecule has 1 fully saturated rings. The van der Waals surface area contributed by atoms with Gasteiger partial charge in [-0.1, -0.05) is 37.4 Å². The molecule has 0 aliphatic heterocycles. The lowest BCUT2D eigenvalue weighted by Crippen LogP contribution is -2.45. The van der Waals surface area contributed by atoms with E-state index < -0.39 is 12.1 Å². The molecule has 3 atom stereocenters. The van der Waals surface area contributed by atoms with Crippen LogP contribution in [0, 0.1) is 5.92 Å². The lowest BCUT2D eigenvalue weighted by Gasteiger charge is -2.30. The van der Waals surface area contributed by atoms with Crippen LogP contribution in [-0.2, 0) is 9.53 Å². The molecule has 120 valence electrons. The quantitative estimate of drug-likeness (QED) is 0.862. The number of hydrogen-bond acceptors (Lipinski definition) is 3. The van der Waals surface area contributed by atoms with Gasteiger partial charge in [-0.25, -0.2) is 4.79 Å². The van der Waals surface area contributed by atoms with E-state index in [2.05, 4.69) is 12.2 Å². The number of ether oxygens (including phenoxy) is 1. The molecule has 1 aromatic carbocycles. The van der Waals surface area contributed by atoms with E-state index in [1.165, 1.54) is 12.5 Å². The van der Waals surface area contributed by atoms with Gasteiger partial charge in [0.25, 0.3) is 5.91 Å². The largest absolute Gasteiger partial charge is 0.449 e. The molecule has 0 heterocycles. The van der Waals surface area contributed by atoms with E-state index >= 15 is 0 Å². The van der Waals surface area contributed by atoms with Gasteiger partial charge in [-0.3, -0.25) is 4.79 Å². The molecule has 5 heteroatoms. The molecule has 1 aliphatic rings. The number of halogens is 1. The predicted octanol–water partition coefficient (Wildman–Crippen LogP) is 3.58. The van der Waals surface area contributed by atoms with Gasteiger partial charge in [0.1, 0.15) is 0 Å². The Morgan fingerprint density at radius 1 is 1.32 bits per heavy atom. The fraction of sp³-hybridized carbons (Fsp3) is 0.529. The smallest absolute Gasteiger partial charge is 0.338 e. The van der Waals surface area contributed by atoms with Gasteiger partial charge in [0, 0.05) is 11.1 Å². The number of nitrogens with one attached hydrogen (secondary N) is 1. The summed E-state index contributed by atoms with van der Waals surface area (Å²) in [4.78, 5) is 24.2. The SMILES string of the molecule is C[C@H](OC(=O)c1cccc(Cl)c1)C(=O)N[C@H]1CCCC[C@H]1C. The van der Waals surface area contributed by atoms with Gasteiger partial charge in [-0.2, -0.15) is 0 Å². The van der Waals surface area contributed by atoms with Gasteiger partial charge < -0.3 is 10.1 Å². The molecular formula is C17H22ClNO3. The summed E-state index contributed by atoms with van der Waals surface area (Å²) in [6, 6.07) is 6.67. The van der Waals surface area contributed by atoms with Crippen LogP contribution in [0.1, 0.15) is 49.9 Å². The van der Waals surface area contributed by atoms with Crippen LogP contribution in [0.2, 0.25) is 5.02 Å². The predicted molar refractivity (Wildman–Crippen MR) is 85.9 cm³/mol. The number of esters is 1. The Morgan fingerprint density at radius 3 is 2.73 bits per heavy atom. The van der Waals surface area contributed by atoms with E-state index in [0.717, 1.165) is 19.3 Å². The molecular weight excluding hydrogens is 302 g/mol. The van der Waals surface area contributed by atoms with Crippen molar-refractivity contribution in [3.05, 3.63) is 34.9 Å². The molecule has 1 amide bonds. The van der Waals surface area contributed by atoms with Gasteiger partial charge in [0.2, 0.25) is 0 Å². The Morgan fingerprint density at radius 2 is 2.05 bits per heavy atom. The van der Waals surface area contributed by atoms with Crippen molar-refractivity contribution in [1.29, 1.82) is 0 Å². The highest BCUT2D eigenvalue weighted by Crippen LogP contribution is 2.23. The minimum atomic E-state index is -0.819. The van der Waals surface area contributed by atoms with Crippen LogP contribution in [0.5, 0.6) is 0 Å². The van der Waals surface area contributed by atoms with Crippen molar-refractivity contribution in [2.45, 2.75) is 51.7 Å². The zero-order valence-electron chi connectivity index (χ0n) is 13.0. The number of benzene rings is 1. The minimum absolute atomic E-state index is 0.175. The lowest BCUT2D eigenvalue weighted by atomic mass is 9.86. The van der Waals surface area contributed by atoms with Gasteiger partial charge in [-0.05, 0) is 43.9 Å². The van der Waals surface area contributed by atoms with Crippen molar-refractivity contribution in [3.8, 4) is 0 Å². The van der Waals surface area contributed by atoms with Crippen molar-refractivity contribution >= 4 is 23.5 Å². The summed E-state index contributed by atoms with van der Waals surface area (Å²) in [5, 5.41) is 3.46. The van der Waals surface area contributed by atoms with Gasteiger partial charge in [0.05, 0.1) is 5.56 Å². The van der Waals surface area contributed by atoms with Crippen LogP contribution in [0.25, 0.3) is 0 Å². The van der Waals surface area contributed by atoms with Gasteiger partial charge in [0.15, 0.2) is 6.10 Å². The molecule has 1 saturated carbocycles. The third-order valence-corrected chi connectivity index (χ3v) is 4.39. The minimum Gasteiger partial charge on any atom is -0.449 e. The second-order valence-electron chi connectivity index (χ2n) is 5.93. The number of carbonyl (C=O) groups excluding carboxylic acids is 2. The first-order chi connectivity index (χ1) is 10.5. The van der Waals surface area contributed by atoms with E-state index in [-0.39, 0.29) is 11.9 Å². The fourth-order valence-electron chi connectivity index (χ4n) is 2.73. The van der Waals surface area contributed by atoms with Crippen molar-refractivity contribution in [3.63, 3.8) is 0 Å². The first-order valence-corrected chi connectivity index (χ1v) is 8.12. The molecule has 0 spiro atoms. The third-order valence-electron chi connectivity index (χ3n) is 4.15. The summed E-state index contributed by atoms with van der Waals surface area (Å²) in [5.41, 5.74) is 0.346. The van der Waals surface area contributed by atoms with E-state index in [9.17, 15) is 9.59 Å². The maximum Gasteiger partial charge on any atom is 0.338 e. The van der Waals surface area contributed by atoms with Crippen LogP contribution in [0.3, 0.4) is 0 Å². The first kappa shape index (κ1) is 16.8. The maximum atomic E-state index is 12.2. The molecule has 4 nitrogen and oxygen atoms in total. The van der Waals surface area contributed by atoms with Crippen LogP contribution < -0.4 is 5.32 Å². The van der Waals surface area contributed by atoms with Crippen molar-refractivity contribution in [2.75, 3.05) is 0 Å². The average molecular weight is 324 g/mol. The second kappa shape index (κ2) is 7.63. The Hall–Kier alpha value is -1.55. The monoisotopic (exact) mass is 323 g/mol. The highest BCUT2D eigenvalue weighted by Gasteiger charge is 2.26. The first-order valence-electron chi connectivity index (χ1n) is 7.74. The molecule has 0 bridgehead atoms. The molecule has 0 unspecified atom stereocenters. The Labute approximate surface area is 136 Å². The number of hydrogen-bond donors (Lipinski definition) is 1. The normalized spacial score (nSPS) is 22.7. The summed E-state index contributed by atoms with van der Waals surface area (Å²) < 4.78 is 5.22. The standard InChI is InChI=1S/C17H22ClNO3/c1-11-6-3-4-9-15(11)19-16(20)12(2)22-17(21)13-7-5-8-14(18)10-13/h5,7-8,10-12,15H,3-4,6,9H2,1-2H3,(H,19,20)/t11-,12+,15+/m1/s1. The molecule has 2 rings (SSSR count). The zero-order chi connectivity index (χ0) is 16.1. The van der Waals surface area contributed by atoms with Crippen LogP contribution in [0.4, 0.5) is 0 Å². The Kier molecular flexibility index (Phi) is 5.83. The zero-order valence-corrected chi connectivity index (χ0v) is 13.7. The number of rotatable bonds is 4. The van der Waals surface area contributed by atoms with E-state index in [1.54, 1.807) is 25.1 Å². The van der Waals surface area contributed by atoms with Gasteiger partial charge >= 0.3 is 5.97 Å². The molecule has 0 saturated heterocycles. The van der Waals surface area contributed by atoms with Crippen molar-refractivity contribution in [1.82, 2.24) is 5.32 Å². The van der Waals surface area contributed by atoms with Crippen molar-refractivity contribution in [2.24, 2.45) is 5.92 Å². The second-order valence-corrected chi connectivity index (χ2v) is 6.37. The Bertz CT molecular complexity index is 546. The summed E-state index contributed by atoms with van der Waals surface area (Å²) in [6.07, 6.45) is 3.64. The van der Waals surface area contributed by atoms with E-state index in [0.29, 0.717) is 16.5 Å². The third kappa shape index (κ3) is 4.47. The lowest BCUT2D eigenvalue weighted by molar-refractivity contribution is -0.130. The maximum absolute atomic E-state index is 12.2. The van der Waals surface area contributed by atoms with Crippen LogP contribution in [-0.4, -0.2) is 24.0 Å². The Balaban J connectivity index is 1.89. The van der Waals surface area contributed by atoms with E-state index in [4.69, 9.17) is 16.3 Å². The molecule has 1 aliphatic carbocycles. The fourth-order valence-corrected chi connectivity index (χ4v) is 2.92. The average Bonchev–Trinajstić information content (AvgIpc) is 2.49. The molecule has 22 heavy (non-hydrogen) atoms. The molecule has 0 aromatic heterocycles. The summed E-state index contributed by atoms with van der Waals surface area (Å²) >= 11 is 5.85. The van der Waals surface area contributed by atoms with Crippen LogP contribution in [0.15, 0.2) is 24.3 Å². The van der Waals surface area contributed by atoms with E-state index in [1.807, 2.05) is 0 Å². The summed E-state index contributed by atoms with van der Waals surface area (Å²) in [6.45, 7) is 3.73. The summed E-state index contributed by atoms with van der Waals surface area (Å²) in [7, 11) is 0.